The van der Waals surface area contributed by atoms with Crippen LogP contribution in [0.1, 0.15) is 52.4 Å². The molecule has 0 aromatic rings. The Morgan fingerprint density at radius 3 is 2.46 bits per heavy atom. The van der Waals surface area contributed by atoms with Gasteiger partial charge in [-0.1, -0.05) is 26.7 Å². The Labute approximate surface area is 144 Å². The van der Waals surface area contributed by atoms with E-state index in [9.17, 15) is 14.7 Å². The number of nitrogens with two attached hydrogens (primary N) is 1. The van der Waals surface area contributed by atoms with Crippen molar-refractivity contribution < 1.29 is 24.7 Å². The number of aliphatic carboxylic acids is 1. The van der Waals surface area contributed by atoms with Crippen LogP contribution in [-0.4, -0.2) is 58.2 Å². The fraction of sp³-hybridized carbons (Fsp3) is 0.875. The third kappa shape index (κ3) is 5.19. The number of carbonyl (C=O) groups is 2. The van der Waals surface area contributed by atoms with Crippen molar-refractivity contribution in [1.82, 2.24) is 4.90 Å². The highest BCUT2D eigenvalue weighted by Crippen LogP contribution is 2.44. The lowest BCUT2D eigenvalue weighted by molar-refractivity contribution is -0.150. The van der Waals surface area contributed by atoms with E-state index in [-0.39, 0.29) is 24.2 Å². The van der Waals surface area contributed by atoms with Crippen LogP contribution in [0.25, 0.3) is 0 Å². The lowest BCUT2D eigenvalue weighted by atomic mass is 9.78. The van der Waals surface area contributed by atoms with E-state index in [1.54, 1.807) is 11.9 Å². The Bertz CT molecular complexity index is 446. The number of carbonyl (C=O) groups excluding carboxylic acids is 1. The number of nitrogens with zero attached hydrogens (tertiary/aromatic N) is 1. The molecule has 0 bridgehead atoms. The number of carboxylic acids is 1. The Kier molecular flexibility index (Phi) is 7.70. The first-order chi connectivity index (χ1) is 11.1. The lowest BCUT2D eigenvalue weighted by Gasteiger charge is -2.30. The van der Waals surface area contributed by atoms with Crippen LogP contribution in [0.2, 0.25) is 6.32 Å². The van der Waals surface area contributed by atoms with Gasteiger partial charge < -0.3 is 25.8 Å². The molecular weight excluding hydrogens is 311 g/mol. The molecule has 1 rings (SSSR count). The number of carboxylic acid groups (broad SMARTS) is 1. The Morgan fingerprint density at radius 1 is 1.33 bits per heavy atom. The molecule has 138 valence electrons. The number of amides is 1. The quantitative estimate of drug-likeness (QED) is 0.361. The molecule has 1 saturated carbocycles. The molecule has 0 unspecified atom stereocenters. The van der Waals surface area contributed by atoms with Gasteiger partial charge in [0.2, 0.25) is 5.91 Å². The molecule has 1 amide bonds. The summed E-state index contributed by atoms with van der Waals surface area (Å²) in [7, 11) is 0.360. The molecule has 8 heteroatoms. The zero-order chi connectivity index (χ0) is 18.5. The summed E-state index contributed by atoms with van der Waals surface area (Å²) in [5.74, 6) is -0.932. The monoisotopic (exact) mass is 342 g/mol. The molecule has 1 fully saturated rings. The van der Waals surface area contributed by atoms with Crippen molar-refractivity contribution in [3.8, 4) is 0 Å². The van der Waals surface area contributed by atoms with Gasteiger partial charge in [0.25, 0.3) is 0 Å². The van der Waals surface area contributed by atoms with Crippen molar-refractivity contribution in [2.45, 2.75) is 70.8 Å². The van der Waals surface area contributed by atoms with Crippen LogP contribution < -0.4 is 5.73 Å². The molecule has 5 N–H and O–H groups in total. The predicted molar refractivity (Wildman–Crippen MR) is 92.1 cm³/mol. The standard InChI is InChI=1S/C16H31BN2O5/c1-11(2)13(18)14(20)19(3)12-6-8-16(10-12,15(21)22)7-4-5-9-17(23)24/h11-13,23-24H,4-10,18H2,1-3H3,(H,21,22)/t12-,13-,16-/m0/s1. The van der Waals surface area contributed by atoms with Crippen LogP contribution in [0.15, 0.2) is 0 Å². The number of likely N-dealkylation sites (N-methyl/N-ethyl adjacent to an activating group) is 1. The second-order valence-electron chi connectivity index (χ2n) is 7.43. The van der Waals surface area contributed by atoms with E-state index in [0.29, 0.717) is 38.5 Å². The normalized spacial score (nSPS) is 24.9. The minimum absolute atomic E-state index is 0.0375. The van der Waals surface area contributed by atoms with E-state index in [2.05, 4.69) is 0 Å². The fourth-order valence-electron chi connectivity index (χ4n) is 3.45. The van der Waals surface area contributed by atoms with Crippen LogP contribution >= 0.6 is 0 Å². The van der Waals surface area contributed by atoms with Crippen molar-refractivity contribution >= 4 is 19.0 Å². The summed E-state index contributed by atoms with van der Waals surface area (Å²) < 4.78 is 0. The van der Waals surface area contributed by atoms with Gasteiger partial charge in [-0.2, -0.15) is 0 Å². The number of rotatable bonds is 9. The lowest BCUT2D eigenvalue weighted by Crippen LogP contribution is -2.48. The van der Waals surface area contributed by atoms with Gasteiger partial charge in [-0.3, -0.25) is 9.59 Å². The first-order valence-corrected chi connectivity index (χ1v) is 8.72. The maximum absolute atomic E-state index is 12.4. The summed E-state index contributed by atoms with van der Waals surface area (Å²) in [5.41, 5.74) is 5.10. The van der Waals surface area contributed by atoms with Gasteiger partial charge in [0, 0.05) is 13.1 Å². The topological polar surface area (TPSA) is 124 Å². The maximum Gasteiger partial charge on any atom is 0.451 e. The van der Waals surface area contributed by atoms with Gasteiger partial charge in [0.05, 0.1) is 11.5 Å². The van der Waals surface area contributed by atoms with E-state index in [1.807, 2.05) is 13.8 Å². The number of hydrogen-bond donors (Lipinski definition) is 4. The Hall–Kier alpha value is -1.12. The van der Waals surface area contributed by atoms with Crippen molar-refractivity contribution in [3.63, 3.8) is 0 Å². The zero-order valence-electron chi connectivity index (χ0n) is 14.9. The van der Waals surface area contributed by atoms with Gasteiger partial charge >= 0.3 is 13.1 Å². The highest BCUT2D eigenvalue weighted by Gasteiger charge is 2.47. The SMILES string of the molecule is CC(C)[C@H](N)C(=O)N(C)[C@H]1CC[C@](CCCCB(O)O)(C(=O)O)C1. The summed E-state index contributed by atoms with van der Waals surface area (Å²) in [4.78, 5) is 25.8. The largest absolute Gasteiger partial charge is 0.481 e. The minimum atomic E-state index is -1.34. The van der Waals surface area contributed by atoms with Gasteiger partial charge in [0.15, 0.2) is 0 Å². The van der Waals surface area contributed by atoms with Gasteiger partial charge in [-0.05, 0) is 37.9 Å². The van der Waals surface area contributed by atoms with Crippen molar-refractivity contribution in [2.24, 2.45) is 17.1 Å². The molecule has 24 heavy (non-hydrogen) atoms. The molecule has 0 saturated heterocycles. The molecule has 0 radical (unpaired) electrons. The van der Waals surface area contributed by atoms with Crippen LogP contribution in [-0.2, 0) is 9.59 Å². The van der Waals surface area contributed by atoms with E-state index in [1.165, 1.54) is 0 Å². The first kappa shape index (κ1) is 20.9. The van der Waals surface area contributed by atoms with Gasteiger partial charge in [-0.25, -0.2) is 0 Å². The highest BCUT2D eigenvalue weighted by atomic mass is 16.4. The molecule has 0 aromatic heterocycles. The van der Waals surface area contributed by atoms with E-state index in [0.717, 1.165) is 0 Å². The summed E-state index contributed by atoms with van der Waals surface area (Å²) in [6, 6.07) is -0.678. The molecule has 0 heterocycles. The van der Waals surface area contributed by atoms with E-state index < -0.39 is 24.5 Å². The summed E-state index contributed by atoms with van der Waals surface area (Å²) in [6.07, 6.45) is 3.55. The summed E-state index contributed by atoms with van der Waals surface area (Å²) in [5, 5.41) is 27.4. The van der Waals surface area contributed by atoms with E-state index in [4.69, 9.17) is 15.8 Å². The van der Waals surface area contributed by atoms with Gasteiger partial charge in [-0.15, -0.1) is 0 Å². The summed E-state index contributed by atoms with van der Waals surface area (Å²) in [6.45, 7) is 3.78. The molecule has 1 aliphatic carbocycles. The zero-order valence-corrected chi connectivity index (χ0v) is 14.9. The van der Waals surface area contributed by atoms with Crippen LogP contribution in [0.5, 0.6) is 0 Å². The average Bonchev–Trinajstić information content (AvgIpc) is 2.95. The fourth-order valence-corrected chi connectivity index (χ4v) is 3.45. The van der Waals surface area contributed by atoms with E-state index >= 15 is 0 Å². The molecule has 0 aromatic carbocycles. The third-order valence-electron chi connectivity index (χ3n) is 5.30. The van der Waals surface area contributed by atoms with Crippen molar-refractivity contribution in [1.29, 1.82) is 0 Å². The average molecular weight is 342 g/mol. The second-order valence-corrected chi connectivity index (χ2v) is 7.43. The highest BCUT2D eigenvalue weighted by molar-refractivity contribution is 6.40. The summed E-state index contributed by atoms with van der Waals surface area (Å²) >= 11 is 0. The number of unbranched alkanes of at least 4 members (excludes halogenated alkanes) is 1. The second kappa shape index (κ2) is 8.83. The van der Waals surface area contributed by atoms with Crippen molar-refractivity contribution in [2.75, 3.05) is 7.05 Å². The predicted octanol–water partition coefficient (Wildman–Crippen LogP) is 0.695. The van der Waals surface area contributed by atoms with Crippen LogP contribution in [0.4, 0.5) is 0 Å². The first-order valence-electron chi connectivity index (χ1n) is 8.72. The van der Waals surface area contributed by atoms with Crippen LogP contribution in [0.3, 0.4) is 0 Å². The smallest absolute Gasteiger partial charge is 0.451 e. The molecular formula is C16H31BN2O5. The third-order valence-corrected chi connectivity index (χ3v) is 5.30. The molecule has 3 atom stereocenters. The Morgan fingerprint density at radius 2 is 1.96 bits per heavy atom. The molecule has 1 aliphatic rings. The molecule has 7 nitrogen and oxygen atoms in total. The van der Waals surface area contributed by atoms with Crippen LogP contribution in [0, 0.1) is 11.3 Å². The maximum atomic E-state index is 12.4. The van der Waals surface area contributed by atoms with Gasteiger partial charge in [0.1, 0.15) is 0 Å². The molecule has 0 spiro atoms. The Balaban J connectivity index is 2.66. The number of hydrogen-bond acceptors (Lipinski definition) is 5. The molecule has 0 aliphatic heterocycles. The minimum Gasteiger partial charge on any atom is -0.481 e. The van der Waals surface area contributed by atoms with Crippen molar-refractivity contribution in [3.05, 3.63) is 0 Å².